The molecule has 3 aliphatic heterocycles. The Morgan fingerprint density at radius 1 is 1.26 bits per heavy atom. The standard InChI is InChI=1S/C16H22N4O3/c17-15(21)16-5-1-11(2-6-16)20(16)13-9-14(19-10-18-13)23-12-3-7-22-8-4-12/h9-12H,1-8H2,(H2,17,21). The first kappa shape index (κ1) is 14.7. The molecule has 4 rings (SSSR count). The van der Waals surface area contributed by atoms with Gasteiger partial charge in [0.1, 0.15) is 23.8 Å². The van der Waals surface area contributed by atoms with Gasteiger partial charge in [0.25, 0.3) is 0 Å². The molecule has 1 aromatic heterocycles. The molecular weight excluding hydrogens is 296 g/mol. The van der Waals surface area contributed by atoms with Gasteiger partial charge in [0, 0.05) is 24.9 Å². The van der Waals surface area contributed by atoms with Gasteiger partial charge in [-0.15, -0.1) is 0 Å². The number of primary amides is 1. The third-order valence-corrected chi connectivity index (χ3v) is 5.40. The molecule has 0 saturated carbocycles. The predicted octanol–water partition coefficient (Wildman–Crippen LogP) is 1.02. The highest BCUT2D eigenvalue weighted by atomic mass is 16.5. The normalized spacial score (nSPS) is 30.6. The van der Waals surface area contributed by atoms with Gasteiger partial charge in [0.05, 0.1) is 13.2 Å². The van der Waals surface area contributed by atoms with Crippen molar-refractivity contribution in [3.05, 3.63) is 12.4 Å². The molecule has 1 aromatic rings. The van der Waals surface area contributed by atoms with Crippen LogP contribution >= 0.6 is 0 Å². The Labute approximate surface area is 135 Å². The van der Waals surface area contributed by atoms with E-state index in [1.54, 1.807) is 0 Å². The van der Waals surface area contributed by atoms with Crippen LogP contribution in [0.2, 0.25) is 0 Å². The number of rotatable bonds is 4. The summed E-state index contributed by atoms with van der Waals surface area (Å²) in [7, 11) is 0. The molecule has 2 N–H and O–H groups in total. The lowest BCUT2D eigenvalue weighted by molar-refractivity contribution is -0.122. The molecule has 4 heterocycles. The van der Waals surface area contributed by atoms with Crippen molar-refractivity contribution in [3.63, 3.8) is 0 Å². The zero-order chi connectivity index (χ0) is 15.9. The van der Waals surface area contributed by atoms with Crippen LogP contribution < -0.4 is 15.4 Å². The molecule has 7 nitrogen and oxygen atoms in total. The second kappa shape index (κ2) is 5.63. The van der Waals surface area contributed by atoms with Crippen molar-refractivity contribution in [2.45, 2.75) is 56.2 Å². The molecule has 0 unspecified atom stereocenters. The molecule has 3 saturated heterocycles. The second-order valence-corrected chi connectivity index (χ2v) is 6.64. The highest BCUT2D eigenvalue weighted by Crippen LogP contribution is 2.48. The van der Waals surface area contributed by atoms with Crippen molar-refractivity contribution in [2.24, 2.45) is 5.73 Å². The lowest BCUT2D eigenvalue weighted by Crippen LogP contribution is -2.52. The van der Waals surface area contributed by atoms with E-state index in [2.05, 4.69) is 14.9 Å². The van der Waals surface area contributed by atoms with Crippen molar-refractivity contribution in [1.82, 2.24) is 9.97 Å². The quantitative estimate of drug-likeness (QED) is 0.891. The molecule has 0 spiro atoms. The molecule has 0 radical (unpaired) electrons. The molecule has 23 heavy (non-hydrogen) atoms. The van der Waals surface area contributed by atoms with Crippen molar-refractivity contribution in [2.75, 3.05) is 18.1 Å². The minimum Gasteiger partial charge on any atom is -0.474 e. The van der Waals surface area contributed by atoms with Crippen LogP contribution in [-0.4, -0.2) is 46.8 Å². The van der Waals surface area contributed by atoms with Gasteiger partial charge in [-0.3, -0.25) is 4.79 Å². The van der Waals surface area contributed by atoms with E-state index < -0.39 is 5.54 Å². The summed E-state index contributed by atoms with van der Waals surface area (Å²) in [5.74, 6) is 1.07. The van der Waals surface area contributed by atoms with Crippen molar-refractivity contribution in [1.29, 1.82) is 0 Å². The van der Waals surface area contributed by atoms with Crippen LogP contribution in [0.15, 0.2) is 12.4 Å². The summed E-state index contributed by atoms with van der Waals surface area (Å²) in [6.45, 7) is 1.45. The Morgan fingerprint density at radius 2 is 2.00 bits per heavy atom. The summed E-state index contributed by atoms with van der Waals surface area (Å²) >= 11 is 0. The molecule has 0 aliphatic carbocycles. The van der Waals surface area contributed by atoms with Gasteiger partial charge in [-0.1, -0.05) is 0 Å². The van der Waals surface area contributed by atoms with E-state index in [0.29, 0.717) is 11.9 Å². The molecule has 2 bridgehead atoms. The van der Waals surface area contributed by atoms with Crippen LogP contribution in [0, 0.1) is 0 Å². The Bertz CT molecular complexity index is 595. The summed E-state index contributed by atoms with van der Waals surface area (Å²) in [5, 5.41) is 0. The fourth-order valence-electron chi connectivity index (χ4n) is 4.19. The lowest BCUT2D eigenvalue weighted by Gasteiger charge is -2.33. The van der Waals surface area contributed by atoms with Gasteiger partial charge in [-0.25, -0.2) is 9.97 Å². The predicted molar refractivity (Wildman–Crippen MR) is 83.2 cm³/mol. The van der Waals surface area contributed by atoms with Gasteiger partial charge in [0.15, 0.2) is 0 Å². The summed E-state index contributed by atoms with van der Waals surface area (Å²) < 4.78 is 11.3. The fourth-order valence-corrected chi connectivity index (χ4v) is 4.19. The van der Waals surface area contributed by atoms with Gasteiger partial charge in [-0.2, -0.15) is 0 Å². The van der Waals surface area contributed by atoms with Crippen molar-refractivity contribution < 1.29 is 14.3 Å². The number of nitrogens with zero attached hydrogens (tertiary/aromatic N) is 3. The van der Waals surface area contributed by atoms with Gasteiger partial charge >= 0.3 is 0 Å². The minimum absolute atomic E-state index is 0.131. The maximum absolute atomic E-state index is 12.1. The Morgan fingerprint density at radius 3 is 2.70 bits per heavy atom. The van der Waals surface area contributed by atoms with E-state index in [1.165, 1.54) is 6.33 Å². The number of hydrogen-bond acceptors (Lipinski definition) is 6. The smallest absolute Gasteiger partial charge is 0.243 e. The molecule has 3 aliphatic rings. The average Bonchev–Trinajstić information content (AvgIpc) is 3.13. The van der Waals surface area contributed by atoms with E-state index in [1.807, 2.05) is 6.07 Å². The molecule has 0 aromatic carbocycles. The number of aromatic nitrogens is 2. The topological polar surface area (TPSA) is 90.6 Å². The number of anilines is 1. The third-order valence-electron chi connectivity index (χ3n) is 5.40. The van der Waals surface area contributed by atoms with E-state index in [0.717, 1.165) is 57.6 Å². The average molecular weight is 318 g/mol. The van der Waals surface area contributed by atoms with Crippen LogP contribution in [0.4, 0.5) is 5.82 Å². The first-order valence-electron chi connectivity index (χ1n) is 8.35. The Balaban J connectivity index is 1.57. The largest absolute Gasteiger partial charge is 0.474 e. The van der Waals surface area contributed by atoms with Gasteiger partial charge in [-0.05, 0) is 25.7 Å². The molecule has 124 valence electrons. The number of ether oxygens (including phenoxy) is 2. The van der Waals surface area contributed by atoms with Crippen molar-refractivity contribution in [3.8, 4) is 5.88 Å². The van der Waals surface area contributed by atoms with Crippen LogP contribution in [0.3, 0.4) is 0 Å². The van der Waals surface area contributed by atoms with Crippen LogP contribution in [0.1, 0.15) is 38.5 Å². The fraction of sp³-hybridized carbons (Fsp3) is 0.688. The molecule has 7 heteroatoms. The monoisotopic (exact) mass is 318 g/mol. The highest BCUT2D eigenvalue weighted by Gasteiger charge is 2.56. The molecular formula is C16H22N4O3. The lowest BCUT2D eigenvalue weighted by atomic mass is 9.87. The molecule has 0 atom stereocenters. The van der Waals surface area contributed by atoms with E-state index in [9.17, 15) is 4.79 Å². The number of carbonyl (C=O) groups excluding carboxylic acids is 1. The third kappa shape index (κ3) is 2.43. The van der Waals surface area contributed by atoms with Crippen LogP contribution in [-0.2, 0) is 9.53 Å². The van der Waals surface area contributed by atoms with Gasteiger partial charge in [0.2, 0.25) is 11.8 Å². The number of fused-ring (bicyclic) bond motifs is 2. The maximum atomic E-state index is 12.1. The summed E-state index contributed by atoms with van der Waals surface area (Å²) in [5.41, 5.74) is 5.14. The molecule has 3 fully saturated rings. The summed E-state index contributed by atoms with van der Waals surface area (Å²) in [6.07, 6.45) is 6.99. The number of nitrogens with two attached hydrogens (primary N) is 1. The zero-order valence-corrected chi connectivity index (χ0v) is 13.1. The second-order valence-electron chi connectivity index (χ2n) is 6.64. The number of hydrogen-bond donors (Lipinski definition) is 1. The first-order chi connectivity index (χ1) is 11.2. The first-order valence-corrected chi connectivity index (χ1v) is 8.35. The maximum Gasteiger partial charge on any atom is 0.243 e. The van der Waals surface area contributed by atoms with E-state index in [4.69, 9.17) is 15.2 Å². The van der Waals surface area contributed by atoms with Crippen LogP contribution in [0.5, 0.6) is 5.88 Å². The SMILES string of the molecule is NC(=O)C12CCC(CC1)N2c1cc(OC2CCOCC2)ncn1. The van der Waals surface area contributed by atoms with Crippen LogP contribution in [0.25, 0.3) is 0 Å². The number of amides is 1. The summed E-state index contributed by atoms with van der Waals surface area (Å²) in [6, 6.07) is 2.19. The van der Waals surface area contributed by atoms with Gasteiger partial charge < -0.3 is 20.1 Å². The van der Waals surface area contributed by atoms with Crippen molar-refractivity contribution >= 4 is 11.7 Å². The van der Waals surface area contributed by atoms with E-state index in [-0.39, 0.29) is 12.0 Å². The summed E-state index contributed by atoms with van der Waals surface area (Å²) in [4.78, 5) is 22.8. The number of carbonyl (C=O) groups is 1. The molecule has 1 amide bonds. The zero-order valence-electron chi connectivity index (χ0n) is 13.1. The van der Waals surface area contributed by atoms with E-state index >= 15 is 0 Å². The Kier molecular flexibility index (Phi) is 3.60. The Hall–Kier alpha value is -1.89. The highest BCUT2D eigenvalue weighted by molar-refractivity contribution is 5.90. The minimum atomic E-state index is -0.574.